The lowest BCUT2D eigenvalue weighted by Crippen LogP contribution is -1.98. The van der Waals surface area contributed by atoms with Crippen LogP contribution in [0.5, 0.6) is 5.75 Å². The van der Waals surface area contributed by atoms with Gasteiger partial charge in [0.15, 0.2) is 0 Å². The zero-order valence-corrected chi connectivity index (χ0v) is 12.1. The van der Waals surface area contributed by atoms with Crippen LogP contribution in [0.15, 0.2) is 18.2 Å². The quantitative estimate of drug-likeness (QED) is 0.662. The molecule has 2 rings (SSSR count). The SMILES string of the molecule is COc1c(-c2sc(C(=O)O)c(N)c2C)cccc1[N+](=O)[O-]. The molecule has 0 amide bonds. The highest BCUT2D eigenvalue weighted by molar-refractivity contribution is 7.18. The van der Waals surface area contributed by atoms with Crippen LogP contribution in [0.2, 0.25) is 0 Å². The molecule has 0 saturated carbocycles. The Kier molecular flexibility index (Phi) is 3.81. The number of ether oxygens (including phenoxy) is 1. The van der Waals surface area contributed by atoms with Gasteiger partial charge in [-0.1, -0.05) is 6.07 Å². The molecule has 1 heterocycles. The van der Waals surface area contributed by atoms with Gasteiger partial charge in [-0.2, -0.15) is 0 Å². The van der Waals surface area contributed by atoms with Crippen molar-refractivity contribution in [2.75, 3.05) is 12.8 Å². The second-order valence-corrected chi connectivity index (χ2v) is 5.24. The number of para-hydroxylation sites is 1. The molecule has 3 N–H and O–H groups in total. The molecule has 0 fully saturated rings. The van der Waals surface area contributed by atoms with Gasteiger partial charge in [-0.3, -0.25) is 10.1 Å². The first-order valence-electron chi connectivity index (χ1n) is 5.82. The largest absolute Gasteiger partial charge is 0.490 e. The minimum atomic E-state index is -1.13. The highest BCUT2D eigenvalue weighted by Crippen LogP contribution is 2.44. The number of hydrogen-bond donors (Lipinski definition) is 2. The lowest BCUT2D eigenvalue weighted by molar-refractivity contribution is -0.385. The number of rotatable bonds is 4. The lowest BCUT2D eigenvalue weighted by atomic mass is 10.1. The molecule has 1 aromatic heterocycles. The summed E-state index contributed by atoms with van der Waals surface area (Å²) in [6, 6.07) is 4.48. The van der Waals surface area contributed by atoms with E-state index < -0.39 is 10.9 Å². The number of carbonyl (C=O) groups is 1. The molecule has 0 saturated heterocycles. The van der Waals surface area contributed by atoms with Crippen molar-refractivity contribution in [3.63, 3.8) is 0 Å². The Hall–Kier alpha value is -2.61. The molecule has 0 radical (unpaired) electrons. The van der Waals surface area contributed by atoms with Crippen molar-refractivity contribution in [1.82, 2.24) is 0 Å². The maximum absolute atomic E-state index is 11.1. The Balaban J connectivity index is 2.73. The second-order valence-electron chi connectivity index (χ2n) is 4.22. The molecule has 0 atom stereocenters. The highest BCUT2D eigenvalue weighted by Gasteiger charge is 2.25. The number of aromatic carboxylic acids is 1. The van der Waals surface area contributed by atoms with Crippen LogP contribution >= 0.6 is 11.3 Å². The average molecular weight is 308 g/mol. The molecular formula is C13H12N2O5S. The van der Waals surface area contributed by atoms with Gasteiger partial charge in [0.1, 0.15) is 4.88 Å². The molecule has 8 heteroatoms. The van der Waals surface area contributed by atoms with E-state index in [1.807, 2.05) is 0 Å². The van der Waals surface area contributed by atoms with Crippen molar-refractivity contribution >= 4 is 28.7 Å². The van der Waals surface area contributed by atoms with E-state index in [0.29, 0.717) is 16.0 Å². The van der Waals surface area contributed by atoms with Crippen molar-refractivity contribution in [3.05, 3.63) is 38.8 Å². The zero-order valence-electron chi connectivity index (χ0n) is 11.2. The van der Waals surface area contributed by atoms with Crippen molar-refractivity contribution in [1.29, 1.82) is 0 Å². The van der Waals surface area contributed by atoms with Gasteiger partial charge < -0.3 is 15.6 Å². The molecule has 0 bridgehead atoms. The first kappa shape index (κ1) is 14.8. The predicted molar refractivity (Wildman–Crippen MR) is 79.1 cm³/mol. The predicted octanol–water partition coefficient (Wildman–Crippen LogP) is 2.92. The number of anilines is 1. The molecule has 7 nitrogen and oxygen atoms in total. The molecule has 2 aromatic rings. The number of nitrogens with zero attached hydrogens (tertiary/aromatic N) is 1. The Morgan fingerprint density at radius 1 is 1.48 bits per heavy atom. The van der Waals surface area contributed by atoms with Gasteiger partial charge in [-0.15, -0.1) is 11.3 Å². The summed E-state index contributed by atoms with van der Waals surface area (Å²) in [7, 11) is 1.33. The third-order valence-electron chi connectivity index (χ3n) is 3.03. The minimum Gasteiger partial charge on any atom is -0.490 e. The van der Waals surface area contributed by atoms with Crippen LogP contribution in [-0.2, 0) is 0 Å². The van der Waals surface area contributed by atoms with Crippen LogP contribution < -0.4 is 10.5 Å². The van der Waals surface area contributed by atoms with Crippen LogP contribution in [0, 0.1) is 17.0 Å². The molecule has 0 aliphatic heterocycles. The van der Waals surface area contributed by atoms with Crippen molar-refractivity contribution in [2.45, 2.75) is 6.92 Å². The maximum atomic E-state index is 11.1. The number of thiophene rings is 1. The topological polar surface area (TPSA) is 116 Å². The van der Waals surface area contributed by atoms with E-state index in [1.54, 1.807) is 13.0 Å². The zero-order chi connectivity index (χ0) is 15.7. The third kappa shape index (κ3) is 2.40. The summed E-state index contributed by atoms with van der Waals surface area (Å²) in [5, 5.41) is 20.2. The molecule has 0 spiro atoms. The summed E-state index contributed by atoms with van der Waals surface area (Å²) in [5.74, 6) is -1.04. The highest BCUT2D eigenvalue weighted by atomic mass is 32.1. The van der Waals surface area contributed by atoms with E-state index >= 15 is 0 Å². The van der Waals surface area contributed by atoms with Crippen LogP contribution in [0.4, 0.5) is 11.4 Å². The van der Waals surface area contributed by atoms with Gasteiger partial charge in [-0.05, 0) is 18.6 Å². The van der Waals surface area contributed by atoms with Crippen LogP contribution in [0.1, 0.15) is 15.2 Å². The van der Waals surface area contributed by atoms with Gasteiger partial charge in [0.05, 0.1) is 17.7 Å². The number of nitro groups is 1. The number of nitrogen functional groups attached to an aromatic ring is 1. The first-order valence-corrected chi connectivity index (χ1v) is 6.64. The molecule has 0 aliphatic carbocycles. The standard InChI is InChI=1S/C13H12N2O5S/c1-6-9(14)12(13(16)17)21-11(6)7-4-3-5-8(15(18)19)10(7)20-2/h3-5H,14H2,1-2H3,(H,16,17). The van der Waals surface area contributed by atoms with Gasteiger partial charge in [0, 0.05) is 16.5 Å². The summed E-state index contributed by atoms with van der Waals surface area (Å²) in [6.45, 7) is 1.67. The van der Waals surface area contributed by atoms with Crippen LogP contribution in [0.3, 0.4) is 0 Å². The Morgan fingerprint density at radius 2 is 2.14 bits per heavy atom. The monoisotopic (exact) mass is 308 g/mol. The van der Waals surface area contributed by atoms with E-state index in [0.717, 1.165) is 11.3 Å². The van der Waals surface area contributed by atoms with Crippen LogP contribution in [0.25, 0.3) is 10.4 Å². The summed E-state index contributed by atoms with van der Waals surface area (Å²) in [4.78, 5) is 22.2. The smallest absolute Gasteiger partial charge is 0.348 e. The van der Waals surface area contributed by atoms with E-state index in [1.165, 1.54) is 19.2 Å². The number of benzene rings is 1. The molecule has 0 unspecified atom stereocenters. The summed E-state index contributed by atoms with van der Waals surface area (Å²) >= 11 is 0.970. The van der Waals surface area contributed by atoms with Crippen molar-refractivity contribution in [2.24, 2.45) is 0 Å². The van der Waals surface area contributed by atoms with Crippen molar-refractivity contribution < 1.29 is 19.6 Å². The van der Waals surface area contributed by atoms with Crippen molar-refractivity contribution in [3.8, 4) is 16.2 Å². The number of hydrogen-bond acceptors (Lipinski definition) is 6. The maximum Gasteiger partial charge on any atom is 0.348 e. The fourth-order valence-electron chi connectivity index (χ4n) is 2.00. The fourth-order valence-corrected chi connectivity index (χ4v) is 3.09. The number of methoxy groups -OCH3 is 1. The minimum absolute atomic E-state index is 0.0102. The summed E-state index contributed by atoms with van der Waals surface area (Å²) in [5.41, 5.74) is 6.78. The van der Waals surface area contributed by atoms with Gasteiger partial charge in [0.2, 0.25) is 5.75 Å². The molecular weight excluding hydrogens is 296 g/mol. The lowest BCUT2D eigenvalue weighted by Gasteiger charge is -2.08. The summed E-state index contributed by atoms with van der Waals surface area (Å²) < 4.78 is 5.13. The average Bonchev–Trinajstić information content (AvgIpc) is 2.74. The molecule has 0 aliphatic rings. The van der Waals surface area contributed by atoms with E-state index in [4.69, 9.17) is 15.6 Å². The number of carboxylic acids is 1. The number of nitrogens with two attached hydrogens (primary N) is 1. The fraction of sp³-hybridized carbons (Fsp3) is 0.154. The van der Waals surface area contributed by atoms with Gasteiger partial charge in [-0.25, -0.2) is 4.79 Å². The van der Waals surface area contributed by atoms with E-state index in [2.05, 4.69) is 0 Å². The number of carboxylic acid groups (broad SMARTS) is 1. The van der Waals surface area contributed by atoms with E-state index in [9.17, 15) is 14.9 Å². The Morgan fingerprint density at radius 3 is 2.62 bits per heavy atom. The van der Waals surface area contributed by atoms with Crippen LogP contribution in [-0.4, -0.2) is 23.1 Å². The molecule has 21 heavy (non-hydrogen) atoms. The third-order valence-corrected chi connectivity index (χ3v) is 4.36. The second kappa shape index (κ2) is 5.41. The molecule has 1 aromatic carbocycles. The Labute approximate surface area is 123 Å². The van der Waals surface area contributed by atoms with E-state index in [-0.39, 0.29) is 22.0 Å². The van der Waals surface area contributed by atoms with Gasteiger partial charge in [0.25, 0.3) is 0 Å². The summed E-state index contributed by atoms with van der Waals surface area (Å²) in [6.07, 6.45) is 0. The molecule has 110 valence electrons. The van der Waals surface area contributed by atoms with Gasteiger partial charge >= 0.3 is 11.7 Å². The number of nitro benzene ring substituents is 1. The Bertz CT molecular complexity index is 738. The normalized spacial score (nSPS) is 10.4. The first-order chi connectivity index (χ1) is 9.88.